The fourth-order valence-corrected chi connectivity index (χ4v) is 0.810. The van der Waals surface area contributed by atoms with Crippen LogP contribution >= 0.6 is 12.1 Å². The smallest absolute Gasteiger partial charge is 0.138 e. The molecule has 0 saturated carbocycles. The average molecular weight is 184 g/mol. The molecule has 0 aliphatic carbocycles. The van der Waals surface area contributed by atoms with Gasteiger partial charge in [0.25, 0.3) is 0 Å². The molecule has 0 spiro atoms. The normalized spacial score (nSPS) is 18.9. The van der Waals surface area contributed by atoms with E-state index in [2.05, 4.69) is 0 Å². The molecule has 0 unspecified atom stereocenters. The van der Waals surface area contributed by atoms with E-state index in [9.17, 15) is 8.68 Å². The second-order valence-electron chi connectivity index (χ2n) is 1.93. The molecular formula is C5H9FO4S. The standard InChI is InChI=1S/C5H9FO4S/c6-11-4(2-8)5(10)3(9)1-7/h2-5,7,9-10H,1H2/t3-,4+,5-/m1/s1. The van der Waals surface area contributed by atoms with E-state index in [1.165, 1.54) is 0 Å². The topological polar surface area (TPSA) is 77.8 Å². The fourth-order valence-electron chi connectivity index (χ4n) is 0.481. The summed E-state index contributed by atoms with van der Waals surface area (Å²) in [4.78, 5) is 9.98. The molecule has 0 amide bonds. The Morgan fingerprint density at radius 2 is 2.09 bits per heavy atom. The molecule has 3 atom stereocenters. The first kappa shape index (κ1) is 10.8. The second kappa shape index (κ2) is 5.48. The fraction of sp³-hybridized carbons (Fsp3) is 0.800. The molecule has 0 aromatic heterocycles. The van der Waals surface area contributed by atoms with Crippen LogP contribution in [-0.2, 0) is 4.79 Å². The van der Waals surface area contributed by atoms with Gasteiger partial charge in [0.2, 0.25) is 0 Å². The monoisotopic (exact) mass is 184 g/mol. The molecule has 11 heavy (non-hydrogen) atoms. The lowest BCUT2D eigenvalue weighted by Gasteiger charge is -2.17. The van der Waals surface area contributed by atoms with Crippen molar-refractivity contribution in [1.82, 2.24) is 0 Å². The molecule has 0 radical (unpaired) electrons. The number of aliphatic hydroxyl groups is 3. The number of rotatable bonds is 5. The number of carbonyl (C=O) groups excluding carboxylic acids is 1. The maximum absolute atomic E-state index is 11.7. The van der Waals surface area contributed by atoms with E-state index in [4.69, 9.17) is 15.3 Å². The van der Waals surface area contributed by atoms with Gasteiger partial charge >= 0.3 is 0 Å². The number of hydrogen-bond acceptors (Lipinski definition) is 5. The summed E-state index contributed by atoms with van der Waals surface area (Å²) < 4.78 is 11.7. The predicted octanol–water partition coefficient (Wildman–Crippen LogP) is -1.11. The zero-order chi connectivity index (χ0) is 8.85. The largest absolute Gasteiger partial charge is 0.394 e. The van der Waals surface area contributed by atoms with Gasteiger partial charge in [-0.3, -0.25) is 0 Å². The van der Waals surface area contributed by atoms with Crippen LogP contribution in [0.25, 0.3) is 0 Å². The summed E-state index contributed by atoms with van der Waals surface area (Å²) in [6.45, 7) is -0.702. The van der Waals surface area contributed by atoms with Crippen molar-refractivity contribution >= 4 is 18.4 Å². The molecule has 0 rings (SSSR count). The van der Waals surface area contributed by atoms with Gasteiger partial charge in [0.05, 0.1) is 18.8 Å². The van der Waals surface area contributed by atoms with Gasteiger partial charge in [0.15, 0.2) is 0 Å². The lowest BCUT2D eigenvalue weighted by atomic mass is 10.1. The van der Waals surface area contributed by atoms with Crippen LogP contribution in [-0.4, -0.2) is 45.7 Å². The van der Waals surface area contributed by atoms with Crippen molar-refractivity contribution in [3.63, 3.8) is 0 Å². The Labute approximate surface area is 67.3 Å². The number of carbonyl (C=O) groups is 1. The average Bonchev–Trinajstić information content (AvgIpc) is 2.05. The van der Waals surface area contributed by atoms with Crippen LogP contribution in [0.3, 0.4) is 0 Å². The van der Waals surface area contributed by atoms with Gasteiger partial charge in [0, 0.05) is 0 Å². The Morgan fingerprint density at radius 1 is 1.55 bits per heavy atom. The molecule has 0 bridgehead atoms. The highest BCUT2D eigenvalue weighted by Crippen LogP contribution is 2.15. The lowest BCUT2D eigenvalue weighted by molar-refractivity contribution is -0.111. The van der Waals surface area contributed by atoms with Gasteiger partial charge in [-0.05, 0) is 0 Å². The highest BCUT2D eigenvalue weighted by molar-refractivity contribution is 7.95. The van der Waals surface area contributed by atoms with Crippen molar-refractivity contribution in [1.29, 1.82) is 0 Å². The van der Waals surface area contributed by atoms with Gasteiger partial charge in [-0.2, -0.15) is 3.89 Å². The van der Waals surface area contributed by atoms with E-state index in [0.717, 1.165) is 0 Å². The highest BCUT2D eigenvalue weighted by atomic mass is 32.2. The van der Waals surface area contributed by atoms with Gasteiger partial charge < -0.3 is 20.1 Å². The third kappa shape index (κ3) is 3.15. The Hall–Kier alpha value is -0.170. The van der Waals surface area contributed by atoms with Crippen LogP contribution in [0.1, 0.15) is 0 Å². The molecule has 3 N–H and O–H groups in total. The molecule has 0 aromatic carbocycles. The van der Waals surface area contributed by atoms with Crippen LogP contribution < -0.4 is 0 Å². The molecule has 0 saturated heterocycles. The third-order valence-electron chi connectivity index (χ3n) is 1.15. The lowest BCUT2D eigenvalue weighted by Crippen LogP contribution is -2.38. The van der Waals surface area contributed by atoms with Crippen molar-refractivity contribution in [3.8, 4) is 0 Å². The molecule has 0 heterocycles. The first-order valence-electron chi connectivity index (χ1n) is 2.87. The van der Waals surface area contributed by atoms with E-state index in [1.54, 1.807) is 0 Å². The molecule has 0 aromatic rings. The minimum Gasteiger partial charge on any atom is -0.394 e. The summed E-state index contributed by atoms with van der Waals surface area (Å²) in [7, 11) is 0. The van der Waals surface area contributed by atoms with E-state index in [-0.39, 0.29) is 18.4 Å². The summed E-state index contributed by atoms with van der Waals surface area (Å²) in [5.74, 6) is 0. The number of aliphatic hydroxyl groups excluding tert-OH is 3. The summed E-state index contributed by atoms with van der Waals surface area (Å²) in [6, 6.07) is 0. The predicted molar refractivity (Wildman–Crippen MR) is 37.7 cm³/mol. The van der Waals surface area contributed by atoms with Gasteiger partial charge in [-0.1, -0.05) is 0 Å². The van der Waals surface area contributed by atoms with Gasteiger partial charge in [0.1, 0.15) is 23.7 Å². The Bertz CT molecular complexity index is 123. The SMILES string of the molecule is O=C[C@H](SF)[C@H](O)[C@H](O)CO. The first-order chi connectivity index (χ1) is 5.17. The van der Waals surface area contributed by atoms with Crippen LogP contribution in [0.4, 0.5) is 3.89 Å². The van der Waals surface area contributed by atoms with Crippen molar-refractivity contribution in [3.05, 3.63) is 0 Å². The molecular weight excluding hydrogens is 175 g/mol. The third-order valence-corrected chi connectivity index (χ3v) is 1.75. The highest BCUT2D eigenvalue weighted by Gasteiger charge is 2.26. The van der Waals surface area contributed by atoms with E-state index in [0.29, 0.717) is 0 Å². The number of halogens is 1. The van der Waals surface area contributed by atoms with E-state index >= 15 is 0 Å². The van der Waals surface area contributed by atoms with Crippen molar-refractivity contribution in [2.45, 2.75) is 17.5 Å². The van der Waals surface area contributed by atoms with Crippen molar-refractivity contribution < 1.29 is 24.0 Å². The first-order valence-corrected chi connectivity index (χ1v) is 3.65. The summed E-state index contributed by atoms with van der Waals surface area (Å²) >= 11 is -0.367. The van der Waals surface area contributed by atoms with Gasteiger partial charge in [-0.25, -0.2) is 0 Å². The van der Waals surface area contributed by atoms with Crippen LogP contribution in [0, 0.1) is 0 Å². The Balaban J connectivity index is 3.96. The van der Waals surface area contributed by atoms with E-state index in [1.807, 2.05) is 0 Å². The maximum Gasteiger partial charge on any atom is 0.138 e. The second-order valence-corrected chi connectivity index (χ2v) is 2.65. The molecule has 0 fully saturated rings. The number of hydrogen-bond donors (Lipinski definition) is 3. The van der Waals surface area contributed by atoms with Crippen LogP contribution in [0.2, 0.25) is 0 Å². The van der Waals surface area contributed by atoms with Crippen LogP contribution in [0.5, 0.6) is 0 Å². The van der Waals surface area contributed by atoms with Crippen molar-refractivity contribution in [2.75, 3.05) is 6.61 Å². The molecule has 66 valence electrons. The Kier molecular flexibility index (Phi) is 5.39. The molecule has 4 nitrogen and oxygen atoms in total. The van der Waals surface area contributed by atoms with Crippen molar-refractivity contribution in [2.24, 2.45) is 0 Å². The summed E-state index contributed by atoms with van der Waals surface area (Å²) in [5.41, 5.74) is 0. The quantitative estimate of drug-likeness (QED) is 0.472. The minimum atomic E-state index is -1.56. The Morgan fingerprint density at radius 3 is 2.36 bits per heavy atom. The molecule has 0 aliphatic heterocycles. The number of aldehydes is 1. The zero-order valence-corrected chi connectivity index (χ0v) is 6.37. The van der Waals surface area contributed by atoms with Gasteiger partial charge in [-0.15, -0.1) is 0 Å². The molecule has 6 heteroatoms. The minimum absolute atomic E-state index is 0.175. The molecule has 0 aliphatic rings. The summed E-state index contributed by atoms with van der Waals surface area (Å²) in [5, 5.41) is 24.5. The van der Waals surface area contributed by atoms with E-state index < -0.39 is 24.1 Å². The summed E-state index contributed by atoms with van der Waals surface area (Å²) in [6.07, 6.45) is -2.87. The maximum atomic E-state index is 11.7. The van der Waals surface area contributed by atoms with Crippen LogP contribution in [0.15, 0.2) is 0 Å². The zero-order valence-electron chi connectivity index (χ0n) is 5.55.